The Morgan fingerprint density at radius 1 is 1.17 bits per heavy atom. The van der Waals surface area contributed by atoms with Crippen molar-refractivity contribution in [2.45, 2.75) is 39.5 Å². The van der Waals surface area contributed by atoms with Gasteiger partial charge in [-0.25, -0.2) is 8.78 Å². The molecule has 0 heterocycles. The zero-order valence-corrected chi connectivity index (χ0v) is 13.6. The van der Waals surface area contributed by atoms with Crippen LogP contribution in [0.4, 0.5) is 14.5 Å². The topological polar surface area (TPSA) is 29.1 Å². The molecule has 2 rings (SSSR count). The second-order valence-corrected chi connectivity index (χ2v) is 5.98. The Hall–Kier alpha value is -2.23. The standard InChI is InChI=1S/C19H21F2NO/c1-12(2)16-6-4-5-13(3)19(16)22-18(23)10-7-14-11-15(20)8-9-17(14)21/h4-6,8-9,11-12H,7,10H2,1-3H3,(H,22,23). The zero-order chi connectivity index (χ0) is 17.0. The van der Waals surface area contributed by atoms with Gasteiger partial charge in [-0.1, -0.05) is 32.0 Å². The first-order chi connectivity index (χ1) is 10.9. The summed E-state index contributed by atoms with van der Waals surface area (Å²) >= 11 is 0. The Labute approximate surface area is 135 Å². The summed E-state index contributed by atoms with van der Waals surface area (Å²) in [4.78, 5) is 12.2. The predicted octanol–water partition coefficient (Wildman–Crippen LogP) is 4.97. The van der Waals surface area contributed by atoms with Crippen molar-refractivity contribution in [3.05, 3.63) is 64.7 Å². The first kappa shape index (κ1) is 17.1. The average molecular weight is 317 g/mol. The molecule has 1 N–H and O–H groups in total. The van der Waals surface area contributed by atoms with Crippen LogP contribution in [0.25, 0.3) is 0 Å². The van der Waals surface area contributed by atoms with E-state index in [0.717, 1.165) is 35.0 Å². The van der Waals surface area contributed by atoms with Crippen molar-refractivity contribution < 1.29 is 13.6 Å². The maximum Gasteiger partial charge on any atom is 0.224 e. The van der Waals surface area contributed by atoms with Crippen LogP contribution < -0.4 is 5.32 Å². The van der Waals surface area contributed by atoms with Crippen molar-refractivity contribution in [1.29, 1.82) is 0 Å². The zero-order valence-electron chi connectivity index (χ0n) is 13.6. The van der Waals surface area contributed by atoms with Crippen molar-refractivity contribution in [1.82, 2.24) is 0 Å². The minimum Gasteiger partial charge on any atom is -0.326 e. The van der Waals surface area contributed by atoms with Crippen molar-refractivity contribution in [3.63, 3.8) is 0 Å². The van der Waals surface area contributed by atoms with E-state index in [1.165, 1.54) is 0 Å². The fourth-order valence-corrected chi connectivity index (χ4v) is 2.53. The van der Waals surface area contributed by atoms with Gasteiger partial charge in [-0.3, -0.25) is 4.79 Å². The Balaban J connectivity index is 2.07. The lowest BCUT2D eigenvalue weighted by Crippen LogP contribution is -2.15. The van der Waals surface area contributed by atoms with E-state index in [2.05, 4.69) is 19.2 Å². The maximum absolute atomic E-state index is 13.6. The van der Waals surface area contributed by atoms with E-state index >= 15 is 0 Å². The van der Waals surface area contributed by atoms with Gasteiger partial charge in [0.2, 0.25) is 5.91 Å². The molecule has 0 fully saturated rings. The largest absolute Gasteiger partial charge is 0.326 e. The van der Waals surface area contributed by atoms with Gasteiger partial charge in [-0.05, 0) is 54.2 Å². The number of carbonyl (C=O) groups is 1. The molecule has 4 heteroatoms. The van der Waals surface area contributed by atoms with Crippen LogP contribution in [0.15, 0.2) is 36.4 Å². The molecule has 0 unspecified atom stereocenters. The third-order valence-corrected chi connectivity index (χ3v) is 3.82. The molecule has 122 valence electrons. The van der Waals surface area contributed by atoms with Gasteiger partial charge < -0.3 is 5.32 Å². The second-order valence-electron chi connectivity index (χ2n) is 5.98. The fourth-order valence-electron chi connectivity index (χ4n) is 2.53. The number of para-hydroxylation sites is 1. The number of hydrogen-bond donors (Lipinski definition) is 1. The molecule has 0 aliphatic rings. The lowest BCUT2D eigenvalue weighted by molar-refractivity contribution is -0.116. The molecule has 2 aromatic carbocycles. The van der Waals surface area contributed by atoms with Crippen LogP contribution in [0, 0.1) is 18.6 Å². The Morgan fingerprint density at radius 3 is 2.61 bits per heavy atom. The molecule has 0 aliphatic heterocycles. The highest BCUT2D eigenvalue weighted by Gasteiger charge is 2.13. The number of carbonyl (C=O) groups excluding carboxylic acids is 1. The van der Waals surface area contributed by atoms with Crippen LogP contribution >= 0.6 is 0 Å². The fraction of sp³-hybridized carbons (Fsp3) is 0.316. The minimum atomic E-state index is -0.497. The molecule has 0 aromatic heterocycles. The highest BCUT2D eigenvalue weighted by atomic mass is 19.1. The summed E-state index contributed by atoms with van der Waals surface area (Å²) in [5, 5.41) is 2.91. The number of benzene rings is 2. The predicted molar refractivity (Wildman–Crippen MR) is 88.6 cm³/mol. The van der Waals surface area contributed by atoms with Gasteiger partial charge in [0.15, 0.2) is 0 Å². The lowest BCUT2D eigenvalue weighted by Gasteiger charge is -2.16. The molecule has 2 aromatic rings. The SMILES string of the molecule is Cc1cccc(C(C)C)c1NC(=O)CCc1cc(F)ccc1F. The highest BCUT2D eigenvalue weighted by molar-refractivity contribution is 5.92. The summed E-state index contributed by atoms with van der Waals surface area (Å²) in [6.45, 7) is 6.06. The maximum atomic E-state index is 13.6. The van der Waals surface area contributed by atoms with Gasteiger partial charge in [0, 0.05) is 12.1 Å². The molecular weight excluding hydrogens is 296 g/mol. The Bertz CT molecular complexity index is 711. The number of anilines is 1. The van der Waals surface area contributed by atoms with E-state index in [1.54, 1.807) is 0 Å². The van der Waals surface area contributed by atoms with Crippen LogP contribution in [0.1, 0.15) is 42.9 Å². The molecule has 0 saturated heterocycles. The van der Waals surface area contributed by atoms with E-state index in [4.69, 9.17) is 0 Å². The molecule has 0 saturated carbocycles. The number of halogens is 2. The molecule has 0 atom stereocenters. The van der Waals surface area contributed by atoms with E-state index in [9.17, 15) is 13.6 Å². The van der Waals surface area contributed by atoms with Crippen molar-refractivity contribution in [2.24, 2.45) is 0 Å². The molecule has 2 nitrogen and oxygen atoms in total. The summed E-state index contributed by atoms with van der Waals surface area (Å²) in [5.74, 6) is -0.906. The van der Waals surface area contributed by atoms with Gasteiger partial charge in [0.1, 0.15) is 11.6 Å². The van der Waals surface area contributed by atoms with Crippen LogP contribution in [0.2, 0.25) is 0 Å². The van der Waals surface area contributed by atoms with Gasteiger partial charge in [0.05, 0.1) is 0 Å². The summed E-state index contributed by atoms with van der Waals surface area (Å²) in [7, 11) is 0. The van der Waals surface area contributed by atoms with E-state index < -0.39 is 11.6 Å². The normalized spacial score (nSPS) is 10.9. The van der Waals surface area contributed by atoms with E-state index in [1.807, 2.05) is 25.1 Å². The number of amides is 1. The second kappa shape index (κ2) is 7.36. The molecule has 1 amide bonds. The van der Waals surface area contributed by atoms with Gasteiger partial charge in [-0.15, -0.1) is 0 Å². The monoisotopic (exact) mass is 317 g/mol. The first-order valence-electron chi connectivity index (χ1n) is 7.71. The summed E-state index contributed by atoms with van der Waals surface area (Å²) < 4.78 is 26.7. The number of hydrogen-bond acceptors (Lipinski definition) is 1. The number of rotatable bonds is 5. The summed E-state index contributed by atoms with van der Waals surface area (Å²) in [6.07, 6.45) is 0.268. The third kappa shape index (κ3) is 4.38. The van der Waals surface area contributed by atoms with Crippen LogP contribution in [-0.2, 0) is 11.2 Å². The lowest BCUT2D eigenvalue weighted by atomic mass is 9.98. The quantitative estimate of drug-likeness (QED) is 0.829. The molecule has 0 aliphatic carbocycles. The average Bonchev–Trinajstić information content (AvgIpc) is 2.50. The summed E-state index contributed by atoms with van der Waals surface area (Å²) in [5.41, 5.74) is 3.08. The third-order valence-electron chi connectivity index (χ3n) is 3.82. The van der Waals surface area contributed by atoms with Gasteiger partial charge in [-0.2, -0.15) is 0 Å². The molecule has 0 spiro atoms. The molecular formula is C19H21F2NO. The van der Waals surface area contributed by atoms with Crippen molar-refractivity contribution in [2.75, 3.05) is 5.32 Å². The number of nitrogens with one attached hydrogen (secondary N) is 1. The smallest absolute Gasteiger partial charge is 0.224 e. The molecule has 0 radical (unpaired) electrons. The van der Waals surface area contributed by atoms with Gasteiger partial charge >= 0.3 is 0 Å². The summed E-state index contributed by atoms with van der Waals surface area (Å²) in [6, 6.07) is 9.17. The Kier molecular flexibility index (Phi) is 5.48. The number of aryl methyl sites for hydroxylation is 2. The molecule has 23 heavy (non-hydrogen) atoms. The van der Waals surface area contributed by atoms with Crippen molar-refractivity contribution >= 4 is 11.6 Å². The van der Waals surface area contributed by atoms with Crippen LogP contribution in [0.3, 0.4) is 0 Å². The Morgan fingerprint density at radius 2 is 1.91 bits per heavy atom. The van der Waals surface area contributed by atoms with Crippen molar-refractivity contribution in [3.8, 4) is 0 Å². The van der Waals surface area contributed by atoms with E-state index in [-0.39, 0.29) is 30.2 Å². The molecule has 0 bridgehead atoms. The van der Waals surface area contributed by atoms with Gasteiger partial charge in [0.25, 0.3) is 0 Å². The van der Waals surface area contributed by atoms with Crippen LogP contribution in [0.5, 0.6) is 0 Å². The van der Waals surface area contributed by atoms with Crippen LogP contribution in [-0.4, -0.2) is 5.91 Å². The first-order valence-corrected chi connectivity index (χ1v) is 7.71. The van der Waals surface area contributed by atoms with E-state index in [0.29, 0.717) is 0 Å². The highest BCUT2D eigenvalue weighted by Crippen LogP contribution is 2.27. The minimum absolute atomic E-state index is 0.103.